The third-order valence-corrected chi connectivity index (χ3v) is 6.58. The van der Waals surface area contributed by atoms with Gasteiger partial charge in [-0.05, 0) is 53.9 Å². The number of halogens is 1. The summed E-state index contributed by atoms with van der Waals surface area (Å²) in [5.41, 5.74) is 11.2. The number of rotatable bonds is 9. The molecule has 8 nitrogen and oxygen atoms in total. The number of anilines is 1. The zero-order chi connectivity index (χ0) is 27.8. The van der Waals surface area contributed by atoms with Crippen molar-refractivity contribution in [2.24, 2.45) is 5.11 Å². The summed E-state index contributed by atoms with van der Waals surface area (Å²) in [6, 6.07) is 28.3. The molecule has 194 valence electrons. The van der Waals surface area contributed by atoms with Crippen molar-refractivity contribution < 1.29 is 14.4 Å². The van der Waals surface area contributed by atoms with Gasteiger partial charge in [-0.1, -0.05) is 93.8 Å². The predicted molar refractivity (Wildman–Crippen MR) is 154 cm³/mol. The summed E-state index contributed by atoms with van der Waals surface area (Å²) >= 11 is 3.43. The molecule has 0 aliphatic carbocycles. The third-order valence-electron chi connectivity index (χ3n) is 6.05. The molecule has 9 heteroatoms. The second-order valence-electron chi connectivity index (χ2n) is 8.61. The molecule has 1 unspecified atom stereocenters. The number of benzene rings is 4. The summed E-state index contributed by atoms with van der Waals surface area (Å²) in [6.07, 6.45) is 0. The maximum absolute atomic E-state index is 14.3. The second-order valence-corrected chi connectivity index (χ2v) is 9.53. The van der Waals surface area contributed by atoms with Crippen LogP contribution < -0.4 is 10.2 Å². The molecule has 0 saturated carbocycles. The Morgan fingerprint density at radius 2 is 1.49 bits per heavy atom. The number of hydrogen-bond acceptors (Lipinski definition) is 4. The molecule has 0 radical (unpaired) electrons. The molecule has 0 aliphatic heterocycles. The van der Waals surface area contributed by atoms with E-state index < -0.39 is 17.9 Å². The van der Waals surface area contributed by atoms with Crippen LogP contribution in [0, 0.1) is 0 Å². The van der Waals surface area contributed by atoms with Gasteiger partial charge in [-0.15, -0.1) is 0 Å². The molecular formula is C30H24BrN5O3. The van der Waals surface area contributed by atoms with E-state index in [-0.39, 0.29) is 34.8 Å². The summed E-state index contributed by atoms with van der Waals surface area (Å²) in [5, 5.41) is 6.63. The number of azide groups is 1. The number of ketones is 1. The van der Waals surface area contributed by atoms with E-state index >= 15 is 0 Å². The van der Waals surface area contributed by atoms with Gasteiger partial charge in [0.05, 0.1) is 11.4 Å². The lowest BCUT2D eigenvalue weighted by Gasteiger charge is -2.33. The minimum atomic E-state index is -1.16. The zero-order valence-electron chi connectivity index (χ0n) is 21.0. The first-order chi connectivity index (χ1) is 18.9. The van der Waals surface area contributed by atoms with E-state index in [2.05, 4.69) is 31.3 Å². The van der Waals surface area contributed by atoms with Crippen LogP contribution in [0.2, 0.25) is 0 Å². The fourth-order valence-electron chi connectivity index (χ4n) is 4.21. The van der Waals surface area contributed by atoms with Crippen LogP contribution in [0.5, 0.6) is 0 Å². The van der Waals surface area contributed by atoms with Gasteiger partial charge >= 0.3 is 0 Å². The molecule has 0 fully saturated rings. The van der Waals surface area contributed by atoms with Crippen LogP contribution in [0.4, 0.5) is 11.4 Å². The molecule has 1 atom stereocenters. The van der Waals surface area contributed by atoms with Crippen LogP contribution in [-0.4, -0.2) is 17.6 Å². The lowest BCUT2D eigenvalue weighted by Crippen LogP contribution is -2.44. The zero-order valence-corrected chi connectivity index (χ0v) is 22.6. The van der Waals surface area contributed by atoms with Gasteiger partial charge in [0.1, 0.15) is 6.04 Å². The van der Waals surface area contributed by atoms with E-state index in [1.807, 2.05) is 30.3 Å². The summed E-state index contributed by atoms with van der Waals surface area (Å²) in [7, 11) is 0. The van der Waals surface area contributed by atoms with Crippen molar-refractivity contribution in [1.82, 2.24) is 5.32 Å². The molecule has 0 saturated heterocycles. The van der Waals surface area contributed by atoms with Crippen molar-refractivity contribution in [1.29, 1.82) is 0 Å². The molecule has 0 heterocycles. The highest BCUT2D eigenvalue weighted by Crippen LogP contribution is 2.35. The van der Waals surface area contributed by atoms with Gasteiger partial charge in [0, 0.05) is 27.1 Å². The quantitative estimate of drug-likeness (QED) is 0.0966. The minimum Gasteiger partial charge on any atom is -0.350 e. The van der Waals surface area contributed by atoms with Crippen LogP contribution in [0.15, 0.2) is 113 Å². The van der Waals surface area contributed by atoms with Gasteiger partial charge in [-0.3, -0.25) is 19.3 Å². The topological polar surface area (TPSA) is 115 Å². The van der Waals surface area contributed by atoms with E-state index in [1.165, 1.54) is 24.0 Å². The van der Waals surface area contributed by atoms with Gasteiger partial charge in [0.25, 0.3) is 5.91 Å². The van der Waals surface area contributed by atoms with E-state index in [0.717, 1.165) is 10.0 Å². The third kappa shape index (κ3) is 6.41. The fraction of sp³-hybridized carbons (Fsp3) is 0.100. The molecule has 4 rings (SSSR count). The highest BCUT2D eigenvalue weighted by molar-refractivity contribution is 9.10. The number of para-hydroxylation sites is 1. The standard InChI is InChI=1S/C30H24BrN5O3/c1-20(37)24-11-6-8-14-27(24)36(30(39)25-12-5-7-13-26(25)34-35-32)28(22-15-17-23(31)18-16-22)29(38)33-19-21-9-3-2-4-10-21/h2-18,28H,19H2,1H3,(H,33,38). The first kappa shape index (κ1) is 27.3. The molecule has 39 heavy (non-hydrogen) atoms. The Labute approximate surface area is 234 Å². The molecule has 1 N–H and O–H groups in total. The van der Waals surface area contributed by atoms with E-state index in [0.29, 0.717) is 5.56 Å². The molecule has 4 aromatic rings. The van der Waals surface area contributed by atoms with E-state index in [9.17, 15) is 14.4 Å². The Kier molecular flexibility index (Phi) is 8.89. The van der Waals surface area contributed by atoms with Crippen LogP contribution in [-0.2, 0) is 11.3 Å². The van der Waals surface area contributed by atoms with Crippen molar-refractivity contribution in [2.75, 3.05) is 4.90 Å². The Bertz CT molecular complexity index is 1550. The molecular weight excluding hydrogens is 558 g/mol. The molecule has 0 spiro atoms. The molecule has 0 bridgehead atoms. The number of amides is 2. The van der Waals surface area contributed by atoms with Crippen molar-refractivity contribution in [3.8, 4) is 0 Å². The monoisotopic (exact) mass is 581 g/mol. The van der Waals surface area contributed by atoms with Gasteiger partial charge in [0.2, 0.25) is 5.91 Å². The Hall–Kier alpha value is -4.72. The first-order valence-corrected chi connectivity index (χ1v) is 12.8. The Morgan fingerprint density at radius 3 is 2.15 bits per heavy atom. The average molecular weight is 582 g/mol. The molecule has 4 aromatic carbocycles. The van der Waals surface area contributed by atoms with Crippen molar-refractivity contribution in [3.05, 3.63) is 140 Å². The number of carbonyl (C=O) groups excluding carboxylic acids is 3. The molecule has 0 aromatic heterocycles. The lowest BCUT2D eigenvalue weighted by atomic mass is 9.99. The summed E-state index contributed by atoms with van der Waals surface area (Å²) in [5.74, 6) is -1.32. The van der Waals surface area contributed by atoms with Crippen LogP contribution >= 0.6 is 15.9 Å². The maximum Gasteiger partial charge on any atom is 0.259 e. The number of carbonyl (C=O) groups is 3. The highest BCUT2D eigenvalue weighted by atomic mass is 79.9. The van der Waals surface area contributed by atoms with Crippen LogP contribution in [0.1, 0.15) is 44.8 Å². The van der Waals surface area contributed by atoms with Gasteiger partial charge in [-0.2, -0.15) is 0 Å². The number of Topliss-reactive ketones (excluding diaryl/α,β-unsaturated/α-hetero) is 1. The average Bonchev–Trinajstić information content (AvgIpc) is 2.96. The van der Waals surface area contributed by atoms with Gasteiger partial charge in [0.15, 0.2) is 5.78 Å². The minimum absolute atomic E-state index is 0.0895. The summed E-state index contributed by atoms with van der Waals surface area (Å²) < 4.78 is 0.797. The van der Waals surface area contributed by atoms with Crippen LogP contribution in [0.3, 0.4) is 0 Å². The fourth-order valence-corrected chi connectivity index (χ4v) is 4.48. The molecule has 2 amide bonds. The van der Waals surface area contributed by atoms with E-state index in [1.54, 1.807) is 60.7 Å². The maximum atomic E-state index is 14.3. The van der Waals surface area contributed by atoms with Crippen molar-refractivity contribution in [3.63, 3.8) is 0 Å². The smallest absolute Gasteiger partial charge is 0.259 e. The number of nitrogens with one attached hydrogen (secondary N) is 1. The van der Waals surface area contributed by atoms with Crippen molar-refractivity contribution >= 4 is 44.9 Å². The largest absolute Gasteiger partial charge is 0.350 e. The Morgan fingerprint density at radius 1 is 0.872 bits per heavy atom. The SMILES string of the molecule is CC(=O)c1ccccc1N(C(=O)c1ccccc1N=[N+]=[N-])C(C(=O)NCc1ccccc1)c1ccc(Br)cc1. The summed E-state index contributed by atoms with van der Waals surface area (Å²) in [4.78, 5) is 45.1. The lowest BCUT2D eigenvalue weighted by molar-refractivity contribution is -0.122. The highest BCUT2D eigenvalue weighted by Gasteiger charge is 2.35. The van der Waals surface area contributed by atoms with Crippen LogP contribution in [0.25, 0.3) is 10.4 Å². The van der Waals surface area contributed by atoms with Gasteiger partial charge in [-0.25, -0.2) is 0 Å². The van der Waals surface area contributed by atoms with Gasteiger partial charge < -0.3 is 5.32 Å². The predicted octanol–water partition coefficient (Wildman–Crippen LogP) is 7.30. The molecule has 0 aliphatic rings. The number of hydrogen-bond donors (Lipinski definition) is 1. The van der Waals surface area contributed by atoms with Crippen molar-refractivity contribution in [2.45, 2.75) is 19.5 Å². The normalized spacial score (nSPS) is 11.1. The van der Waals surface area contributed by atoms with E-state index in [4.69, 9.17) is 5.53 Å². The Balaban J connectivity index is 1.91. The first-order valence-electron chi connectivity index (χ1n) is 12.1. The summed E-state index contributed by atoms with van der Waals surface area (Å²) in [6.45, 7) is 1.64. The number of nitrogens with zero attached hydrogens (tertiary/aromatic N) is 4. The second kappa shape index (κ2) is 12.7.